The third-order valence-electron chi connectivity index (χ3n) is 4.39. The SMILES string of the molecule is CC.Nc1ccccc1.c1ccc(N=Nc2ccccc2)cc1.c1ccc(N=Nc2ccccc2)cc1. The average molecular weight is 488 g/mol. The number of anilines is 1. The highest BCUT2D eigenvalue weighted by atomic mass is 15.1. The molecule has 0 heterocycles. The maximum absolute atomic E-state index is 5.36. The summed E-state index contributed by atoms with van der Waals surface area (Å²) in [5.41, 5.74) is 9.67. The maximum Gasteiger partial charge on any atom is 0.0857 e. The fourth-order valence-corrected chi connectivity index (χ4v) is 2.66. The number of para-hydroxylation sites is 1. The lowest BCUT2D eigenvalue weighted by molar-refractivity contribution is 1.23. The van der Waals surface area contributed by atoms with E-state index in [1.165, 1.54) is 0 Å². The number of nitrogen functional groups attached to an aromatic ring is 1. The Hall–Kier alpha value is -4.90. The van der Waals surface area contributed by atoms with Crippen molar-refractivity contribution in [3.8, 4) is 0 Å². The third-order valence-corrected chi connectivity index (χ3v) is 4.39. The van der Waals surface area contributed by atoms with Crippen molar-refractivity contribution in [1.29, 1.82) is 0 Å². The number of azo groups is 2. The molecule has 5 nitrogen and oxygen atoms in total. The quantitative estimate of drug-likeness (QED) is 0.199. The molecule has 0 aliphatic heterocycles. The molecule has 0 atom stereocenters. The smallest absolute Gasteiger partial charge is 0.0857 e. The van der Waals surface area contributed by atoms with Crippen LogP contribution in [0.1, 0.15) is 13.8 Å². The normalized spacial score (nSPS) is 9.78. The number of nitrogens with zero attached hydrogens (tertiary/aromatic N) is 4. The second kappa shape index (κ2) is 18.4. The van der Waals surface area contributed by atoms with Gasteiger partial charge in [0.15, 0.2) is 0 Å². The molecule has 0 amide bonds. The molecule has 5 aromatic carbocycles. The fourth-order valence-electron chi connectivity index (χ4n) is 2.66. The number of nitrogens with two attached hydrogens (primary N) is 1. The van der Waals surface area contributed by atoms with E-state index >= 15 is 0 Å². The van der Waals surface area contributed by atoms with Gasteiger partial charge in [0.2, 0.25) is 0 Å². The summed E-state index contributed by atoms with van der Waals surface area (Å²) in [7, 11) is 0. The van der Waals surface area contributed by atoms with Crippen LogP contribution in [0.25, 0.3) is 0 Å². The molecule has 0 aliphatic rings. The molecule has 0 fully saturated rings. The summed E-state index contributed by atoms with van der Waals surface area (Å²) in [4.78, 5) is 0. The Balaban J connectivity index is 0.000000198. The van der Waals surface area contributed by atoms with E-state index in [2.05, 4.69) is 20.5 Å². The van der Waals surface area contributed by atoms with Gasteiger partial charge in [-0.3, -0.25) is 0 Å². The molecule has 37 heavy (non-hydrogen) atoms. The molecule has 5 heteroatoms. The first-order chi connectivity index (χ1) is 18.3. The van der Waals surface area contributed by atoms with Crippen LogP contribution in [0.2, 0.25) is 0 Å². The molecule has 0 saturated heterocycles. The summed E-state index contributed by atoms with van der Waals surface area (Å²) in [6.45, 7) is 4.00. The van der Waals surface area contributed by atoms with Crippen molar-refractivity contribution in [2.45, 2.75) is 13.8 Å². The van der Waals surface area contributed by atoms with Gasteiger partial charge in [-0.1, -0.05) is 105 Å². The van der Waals surface area contributed by atoms with Gasteiger partial charge in [0.1, 0.15) is 0 Å². The summed E-state index contributed by atoms with van der Waals surface area (Å²) in [6, 6.07) is 48.3. The minimum absolute atomic E-state index is 0.822. The zero-order valence-electron chi connectivity index (χ0n) is 21.3. The van der Waals surface area contributed by atoms with Crippen molar-refractivity contribution in [2.75, 3.05) is 5.73 Å². The van der Waals surface area contributed by atoms with E-state index in [9.17, 15) is 0 Å². The number of hydrogen-bond acceptors (Lipinski definition) is 5. The molecule has 5 rings (SSSR count). The highest BCUT2D eigenvalue weighted by Crippen LogP contribution is 2.17. The van der Waals surface area contributed by atoms with Gasteiger partial charge in [0.25, 0.3) is 0 Å². The minimum atomic E-state index is 0.822. The Morgan fingerprint density at radius 2 is 0.514 bits per heavy atom. The highest BCUT2D eigenvalue weighted by molar-refractivity contribution is 5.40. The lowest BCUT2D eigenvalue weighted by Crippen LogP contribution is -1.79. The van der Waals surface area contributed by atoms with Crippen LogP contribution >= 0.6 is 0 Å². The van der Waals surface area contributed by atoms with Gasteiger partial charge < -0.3 is 5.73 Å². The number of benzene rings is 5. The van der Waals surface area contributed by atoms with Crippen LogP contribution < -0.4 is 5.73 Å². The molecule has 186 valence electrons. The predicted octanol–water partition coefficient (Wildman–Crippen LogP) is 10.5. The third kappa shape index (κ3) is 12.9. The van der Waals surface area contributed by atoms with Crippen molar-refractivity contribution in [3.05, 3.63) is 152 Å². The zero-order valence-corrected chi connectivity index (χ0v) is 21.3. The molecule has 0 aliphatic carbocycles. The Morgan fingerprint density at radius 1 is 0.324 bits per heavy atom. The minimum Gasteiger partial charge on any atom is -0.399 e. The largest absolute Gasteiger partial charge is 0.399 e. The van der Waals surface area contributed by atoms with Gasteiger partial charge in [0.05, 0.1) is 22.7 Å². The molecule has 0 bridgehead atoms. The zero-order chi connectivity index (χ0) is 26.4. The summed E-state index contributed by atoms with van der Waals surface area (Å²) < 4.78 is 0. The second-order valence-corrected chi connectivity index (χ2v) is 7.15. The van der Waals surface area contributed by atoms with Crippen LogP contribution in [0, 0.1) is 0 Å². The van der Waals surface area contributed by atoms with Crippen LogP contribution in [0.15, 0.2) is 172 Å². The molecule has 0 unspecified atom stereocenters. The molecule has 0 saturated carbocycles. The first-order valence-electron chi connectivity index (χ1n) is 12.1. The summed E-state index contributed by atoms with van der Waals surface area (Å²) >= 11 is 0. The van der Waals surface area contributed by atoms with Crippen LogP contribution in [-0.2, 0) is 0 Å². The first-order valence-corrected chi connectivity index (χ1v) is 12.1. The standard InChI is InChI=1S/2C12H10N2.C6H7N.C2H6/c2*1-3-7-11(8-4-1)13-14-12-9-5-2-6-10-12;7-6-4-2-1-3-5-6;1-2/h2*1-10H;1-5H,7H2;1-2H3. The molecule has 5 aromatic rings. The monoisotopic (exact) mass is 487 g/mol. The Morgan fingerprint density at radius 3 is 0.676 bits per heavy atom. The lowest BCUT2D eigenvalue weighted by Gasteiger charge is -1.91. The van der Waals surface area contributed by atoms with Gasteiger partial charge in [-0.15, -0.1) is 0 Å². The molecule has 0 radical (unpaired) electrons. The van der Waals surface area contributed by atoms with Crippen molar-refractivity contribution in [1.82, 2.24) is 0 Å². The van der Waals surface area contributed by atoms with Crippen LogP contribution in [0.5, 0.6) is 0 Å². The van der Waals surface area contributed by atoms with Gasteiger partial charge in [-0.25, -0.2) is 0 Å². The van der Waals surface area contributed by atoms with Gasteiger partial charge in [-0.05, 0) is 60.7 Å². The summed E-state index contributed by atoms with van der Waals surface area (Å²) in [5, 5.41) is 16.4. The van der Waals surface area contributed by atoms with Crippen molar-refractivity contribution in [3.63, 3.8) is 0 Å². The predicted molar refractivity (Wildman–Crippen MR) is 156 cm³/mol. The van der Waals surface area contributed by atoms with Gasteiger partial charge in [-0.2, -0.15) is 20.5 Å². The fraction of sp³-hybridized carbons (Fsp3) is 0.0625. The van der Waals surface area contributed by atoms with Crippen molar-refractivity contribution >= 4 is 28.4 Å². The van der Waals surface area contributed by atoms with E-state index in [1.807, 2.05) is 166 Å². The van der Waals surface area contributed by atoms with E-state index in [-0.39, 0.29) is 0 Å². The topological polar surface area (TPSA) is 75.5 Å². The molecule has 0 spiro atoms. The maximum atomic E-state index is 5.36. The molecular formula is C32H33N5. The Labute approximate surface area is 220 Å². The summed E-state index contributed by atoms with van der Waals surface area (Å²) in [6.07, 6.45) is 0. The van der Waals surface area contributed by atoms with E-state index in [1.54, 1.807) is 0 Å². The van der Waals surface area contributed by atoms with Gasteiger partial charge in [0, 0.05) is 5.69 Å². The van der Waals surface area contributed by atoms with Crippen LogP contribution in [0.4, 0.5) is 28.4 Å². The van der Waals surface area contributed by atoms with Crippen LogP contribution in [0.3, 0.4) is 0 Å². The number of hydrogen-bond donors (Lipinski definition) is 1. The highest BCUT2D eigenvalue weighted by Gasteiger charge is 1.88. The number of rotatable bonds is 4. The molecule has 0 aromatic heterocycles. The summed E-state index contributed by atoms with van der Waals surface area (Å²) in [5.74, 6) is 0. The van der Waals surface area contributed by atoms with E-state index in [0.717, 1.165) is 28.4 Å². The lowest BCUT2D eigenvalue weighted by atomic mass is 10.3. The van der Waals surface area contributed by atoms with Crippen LogP contribution in [-0.4, -0.2) is 0 Å². The van der Waals surface area contributed by atoms with E-state index in [0.29, 0.717) is 0 Å². The second-order valence-electron chi connectivity index (χ2n) is 7.15. The average Bonchev–Trinajstić information content (AvgIpc) is 2.99. The Kier molecular flexibility index (Phi) is 14.1. The first kappa shape index (κ1) is 28.3. The molecule has 2 N–H and O–H groups in total. The Bertz CT molecular complexity index is 1090. The van der Waals surface area contributed by atoms with E-state index < -0.39 is 0 Å². The van der Waals surface area contributed by atoms with E-state index in [4.69, 9.17) is 5.73 Å². The van der Waals surface area contributed by atoms with Crippen molar-refractivity contribution < 1.29 is 0 Å². The van der Waals surface area contributed by atoms with Crippen molar-refractivity contribution in [2.24, 2.45) is 20.5 Å². The van der Waals surface area contributed by atoms with Gasteiger partial charge >= 0.3 is 0 Å². The molecular weight excluding hydrogens is 454 g/mol.